The molecule has 0 saturated heterocycles. The van der Waals surface area contributed by atoms with Crippen LogP contribution in [0, 0.1) is 13.8 Å². The summed E-state index contributed by atoms with van der Waals surface area (Å²) in [5.74, 6) is -0.743. The molecule has 1 aliphatic heterocycles. The second kappa shape index (κ2) is 6.58. The van der Waals surface area contributed by atoms with Crippen LogP contribution in [0.4, 0.5) is 0 Å². The molecule has 2 N–H and O–H groups in total. The molecule has 7 heteroatoms. The molecule has 0 spiro atoms. The van der Waals surface area contributed by atoms with Gasteiger partial charge in [0.15, 0.2) is 6.04 Å². The maximum Gasteiger partial charge on any atom is 0.330 e. The molecule has 2 unspecified atom stereocenters. The minimum atomic E-state index is -1.12. The smallest absolute Gasteiger partial charge is 0.330 e. The Morgan fingerprint density at radius 3 is 2.72 bits per heavy atom. The third-order valence-corrected chi connectivity index (χ3v) is 4.50. The lowest BCUT2D eigenvalue weighted by Gasteiger charge is -2.19. The third-order valence-electron chi connectivity index (χ3n) is 4.50. The zero-order valence-electron chi connectivity index (χ0n) is 14.3. The number of aromatic nitrogens is 1. The van der Waals surface area contributed by atoms with Gasteiger partial charge < -0.3 is 19.7 Å². The van der Waals surface area contributed by atoms with Gasteiger partial charge in [-0.3, -0.25) is 4.79 Å². The van der Waals surface area contributed by atoms with E-state index in [4.69, 9.17) is 9.26 Å². The van der Waals surface area contributed by atoms with Crippen molar-refractivity contribution in [3.8, 4) is 5.75 Å². The van der Waals surface area contributed by atoms with Crippen LogP contribution in [0.15, 0.2) is 22.7 Å². The number of hydrogen-bond acceptors (Lipinski definition) is 5. The summed E-state index contributed by atoms with van der Waals surface area (Å²) in [5, 5.41) is 16.0. The van der Waals surface area contributed by atoms with Crippen molar-refractivity contribution in [3.05, 3.63) is 46.3 Å². The quantitative estimate of drug-likeness (QED) is 0.863. The Balaban J connectivity index is 1.82. The standard InChI is InChI=1S/C18H20N2O5/c1-9(15-10(2)20-25-11(15)3)17(21)19-16(18(22)23)13-4-5-14-12(8-13)6-7-24-14/h4-5,8-9,16H,6-7H2,1-3H3,(H,19,21)(H,22,23). The first kappa shape index (κ1) is 17.0. The highest BCUT2D eigenvalue weighted by Gasteiger charge is 2.29. The Morgan fingerprint density at radius 1 is 1.32 bits per heavy atom. The van der Waals surface area contributed by atoms with Gasteiger partial charge in [0.2, 0.25) is 5.91 Å². The summed E-state index contributed by atoms with van der Waals surface area (Å²) >= 11 is 0. The topological polar surface area (TPSA) is 102 Å². The van der Waals surface area contributed by atoms with Crippen LogP contribution in [0.2, 0.25) is 0 Å². The fourth-order valence-corrected chi connectivity index (χ4v) is 3.18. The Kier molecular flexibility index (Phi) is 4.48. The maximum absolute atomic E-state index is 12.6. The van der Waals surface area contributed by atoms with Crippen LogP contribution in [0.3, 0.4) is 0 Å². The molecule has 7 nitrogen and oxygen atoms in total. The molecule has 25 heavy (non-hydrogen) atoms. The number of aryl methyl sites for hydroxylation is 2. The number of carboxylic acid groups (broad SMARTS) is 1. The number of rotatable bonds is 5. The fraction of sp³-hybridized carbons (Fsp3) is 0.389. The number of carbonyl (C=O) groups excluding carboxylic acids is 1. The van der Waals surface area contributed by atoms with Crippen LogP contribution < -0.4 is 10.1 Å². The summed E-state index contributed by atoms with van der Waals surface area (Å²) in [6.45, 7) is 5.78. The minimum absolute atomic E-state index is 0.390. The van der Waals surface area contributed by atoms with Gasteiger partial charge in [0.25, 0.3) is 0 Å². The highest BCUT2D eigenvalue weighted by Crippen LogP contribution is 2.29. The molecule has 0 saturated carbocycles. The van der Waals surface area contributed by atoms with E-state index in [0.717, 1.165) is 17.7 Å². The molecule has 0 bridgehead atoms. The van der Waals surface area contributed by atoms with E-state index in [1.807, 2.05) is 0 Å². The van der Waals surface area contributed by atoms with Crippen molar-refractivity contribution in [3.63, 3.8) is 0 Å². The van der Waals surface area contributed by atoms with E-state index in [9.17, 15) is 14.7 Å². The molecule has 1 aromatic carbocycles. The van der Waals surface area contributed by atoms with Gasteiger partial charge in [-0.05, 0) is 44.0 Å². The predicted octanol–water partition coefficient (Wildman–Crippen LogP) is 2.27. The number of aliphatic carboxylic acids is 1. The summed E-state index contributed by atoms with van der Waals surface area (Å²) in [6, 6.07) is 4.07. The van der Waals surface area contributed by atoms with E-state index in [-0.39, 0.29) is 0 Å². The average molecular weight is 344 g/mol. The summed E-state index contributed by atoms with van der Waals surface area (Å²) in [5.41, 5.74) is 2.79. The van der Waals surface area contributed by atoms with E-state index in [1.165, 1.54) is 0 Å². The number of amides is 1. The Hall–Kier alpha value is -2.83. The highest BCUT2D eigenvalue weighted by molar-refractivity contribution is 5.88. The molecular weight excluding hydrogens is 324 g/mol. The fourth-order valence-electron chi connectivity index (χ4n) is 3.18. The SMILES string of the molecule is Cc1noc(C)c1C(C)C(=O)NC(C(=O)O)c1ccc2c(c1)CCO2. The van der Waals surface area contributed by atoms with Crippen LogP contribution in [-0.4, -0.2) is 28.7 Å². The van der Waals surface area contributed by atoms with Crippen molar-refractivity contribution in [1.29, 1.82) is 0 Å². The first-order chi connectivity index (χ1) is 11.9. The van der Waals surface area contributed by atoms with Gasteiger partial charge in [-0.2, -0.15) is 0 Å². The van der Waals surface area contributed by atoms with Crippen molar-refractivity contribution in [1.82, 2.24) is 10.5 Å². The van der Waals surface area contributed by atoms with Crippen LogP contribution in [0.5, 0.6) is 5.75 Å². The van der Waals surface area contributed by atoms with Crippen LogP contribution in [-0.2, 0) is 16.0 Å². The number of fused-ring (bicyclic) bond motifs is 1. The number of carboxylic acids is 1. The van der Waals surface area contributed by atoms with Crippen LogP contribution in [0.25, 0.3) is 0 Å². The third kappa shape index (κ3) is 3.22. The van der Waals surface area contributed by atoms with Crippen molar-refractivity contribution in [2.24, 2.45) is 0 Å². The lowest BCUT2D eigenvalue weighted by atomic mass is 9.97. The molecule has 2 heterocycles. The molecule has 0 fully saturated rings. The lowest BCUT2D eigenvalue weighted by Crippen LogP contribution is -2.36. The summed E-state index contributed by atoms with van der Waals surface area (Å²) in [6.07, 6.45) is 0.735. The molecule has 132 valence electrons. The zero-order valence-corrected chi connectivity index (χ0v) is 14.3. The molecule has 0 radical (unpaired) electrons. The van der Waals surface area contributed by atoms with E-state index in [1.54, 1.807) is 39.0 Å². The van der Waals surface area contributed by atoms with Crippen molar-refractivity contribution >= 4 is 11.9 Å². The second-order valence-electron chi connectivity index (χ2n) is 6.20. The number of carbonyl (C=O) groups is 2. The van der Waals surface area contributed by atoms with Crippen LogP contribution in [0.1, 0.15) is 47.0 Å². The van der Waals surface area contributed by atoms with E-state index in [2.05, 4.69) is 10.5 Å². The molecule has 0 aliphatic carbocycles. The van der Waals surface area contributed by atoms with Crippen molar-refractivity contribution < 1.29 is 24.0 Å². The first-order valence-corrected chi connectivity index (χ1v) is 8.10. The molecule has 2 aromatic rings. The van der Waals surface area contributed by atoms with Gasteiger partial charge in [0.05, 0.1) is 18.2 Å². The van der Waals surface area contributed by atoms with E-state index >= 15 is 0 Å². The van der Waals surface area contributed by atoms with E-state index in [0.29, 0.717) is 29.2 Å². The van der Waals surface area contributed by atoms with Gasteiger partial charge in [0.1, 0.15) is 11.5 Å². The largest absolute Gasteiger partial charge is 0.493 e. The van der Waals surface area contributed by atoms with Crippen LogP contribution >= 0.6 is 0 Å². The predicted molar refractivity (Wildman–Crippen MR) is 88.6 cm³/mol. The monoisotopic (exact) mass is 344 g/mol. The number of ether oxygens (including phenoxy) is 1. The minimum Gasteiger partial charge on any atom is -0.493 e. The summed E-state index contributed by atoms with van der Waals surface area (Å²) < 4.78 is 10.5. The van der Waals surface area contributed by atoms with Gasteiger partial charge in [-0.1, -0.05) is 11.2 Å². The number of benzene rings is 1. The van der Waals surface area contributed by atoms with Gasteiger partial charge in [-0.15, -0.1) is 0 Å². The molecule has 2 atom stereocenters. The molecule has 1 amide bonds. The zero-order chi connectivity index (χ0) is 18.1. The average Bonchev–Trinajstić information content (AvgIpc) is 3.17. The molecular formula is C18H20N2O5. The maximum atomic E-state index is 12.6. The normalized spacial score (nSPS) is 15.2. The molecule has 1 aliphatic rings. The summed E-state index contributed by atoms with van der Waals surface area (Å²) in [4.78, 5) is 24.3. The first-order valence-electron chi connectivity index (χ1n) is 8.10. The lowest BCUT2D eigenvalue weighted by molar-refractivity contribution is -0.142. The number of hydrogen-bond donors (Lipinski definition) is 2. The number of nitrogens with zero attached hydrogens (tertiary/aromatic N) is 1. The van der Waals surface area contributed by atoms with E-state index < -0.39 is 23.8 Å². The van der Waals surface area contributed by atoms with Crippen molar-refractivity contribution in [2.45, 2.75) is 39.2 Å². The Morgan fingerprint density at radius 2 is 2.08 bits per heavy atom. The Bertz CT molecular complexity index is 807. The number of nitrogens with one attached hydrogen (secondary N) is 1. The van der Waals surface area contributed by atoms with Crippen molar-refractivity contribution in [2.75, 3.05) is 6.61 Å². The highest BCUT2D eigenvalue weighted by atomic mass is 16.5. The Labute approximate surface area is 145 Å². The van der Waals surface area contributed by atoms with Gasteiger partial charge in [0, 0.05) is 12.0 Å². The van der Waals surface area contributed by atoms with Gasteiger partial charge in [-0.25, -0.2) is 4.79 Å². The molecule has 1 aromatic heterocycles. The van der Waals surface area contributed by atoms with Gasteiger partial charge >= 0.3 is 5.97 Å². The molecule has 3 rings (SSSR count). The summed E-state index contributed by atoms with van der Waals surface area (Å²) in [7, 11) is 0. The second-order valence-corrected chi connectivity index (χ2v) is 6.20.